The lowest BCUT2D eigenvalue weighted by molar-refractivity contribution is 0.0287. The van der Waals surface area contributed by atoms with Gasteiger partial charge >= 0.3 is 0 Å². The molecule has 2 unspecified atom stereocenters. The Kier molecular flexibility index (Phi) is 4.57. The molecule has 1 N–H and O–H groups in total. The molecule has 0 saturated heterocycles. The van der Waals surface area contributed by atoms with Gasteiger partial charge in [-0.3, -0.25) is 4.90 Å². The molecule has 19 heavy (non-hydrogen) atoms. The van der Waals surface area contributed by atoms with Gasteiger partial charge in [-0.25, -0.2) is 0 Å². The number of rotatable bonds is 3. The molecular weight excluding hydrogens is 236 g/mol. The number of benzene rings is 1. The third-order valence-corrected chi connectivity index (χ3v) is 4.15. The van der Waals surface area contributed by atoms with Crippen LogP contribution >= 0.6 is 0 Å². The molecule has 0 amide bonds. The van der Waals surface area contributed by atoms with E-state index in [2.05, 4.69) is 18.0 Å². The summed E-state index contributed by atoms with van der Waals surface area (Å²) in [5.41, 5.74) is 3.09. The van der Waals surface area contributed by atoms with E-state index in [4.69, 9.17) is 5.26 Å². The molecule has 1 saturated carbocycles. The second kappa shape index (κ2) is 6.18. The quantitative estimate of drug-likeness (QED) is 0.906. The maximum Gasteiger partial charge on any atom is 0.0991 e. The zero-order chi connectivity index (χ0) is 13.8. The van der Waals surface area contributed by atoms with Crippen LogP contribution in [-0.2, 0) is 6.54 Å². The number of aliphatic hydroxyl groups excluding tert-OH is 1. The summed E-state index contributed by atoms with van der Waals surface area (Å²) in [6.45, 7) is 2.88. The summed E-state index contributed by atoms with van der Waals surface area (Å²) in [5.74, 6) is 0. The van der Waals surface area contributed by atoms with E-state index in [1.54, 1.807) is 0 Å². The third kappa shape index (κ3) is 3.34. The van der Waals surface area contributed by atoms with Gasteiger partial charge in [0.15, 0.2) is 0 Å². The maximum atomic E-state index is 10.1. The van der Waals surface area contributed by atoms with Crippen molar-refractivity contribution < 1.29 is 5.11 Å². The van der Waals surface area contributed by atoms with Gasteiger partial charge in [-0.1, -0.05) is 18.9 Å². The average Bonchev–Trinajstić information content (AvgIpc) is 2.41. The number of likely N-dealkylation sites (N-methyl/N-ethyl adjacent to an activating group) is 1. The highest BCUT2D eigenvalue weighted by Gasteiger charge is 2.26. The SMILES string of the molecule is Cc1cc(C#N)ccc1CN(C)C1CCCCC1O. The van der Waals surface area contributed by atoms with Gasteiger partial charge in [0.05, 0.1) is 17.7 Å². The Morgan fingerprint density at radius 2 is 2.11 bits per heavy atom. The molecule has 1 aliphatic rings. The molecule has 0 aromatic heterocycles. The van der Waals surface area contributed by atoms with Crippen LogP contribution in [0.4, 0.5) is 0 Å². The summed E-state index contributed by atoms with van der Waals surface area (Å²) in [5, 5.41) is 19.0. The van der Waals surface area contributed by atoms with E-state index >= 15 is 0 Å². The Hall–Kier alpha value is -1.37. The minimum atomic E-state index is -0.197. The van der Waals surface area contributed by atoms with Crippen molar-refractivity contribution in [1.82, 2.24) is 4.90 Å². The monoisotopic (exact) mass is 258 g/mol. The predicted octanol–water partition coefficient (Wildman–Crippen LogP) is 2.60. The first kappa shape index (κ1) is 14.0. The fourth-order valence-corrected chi connectivity index (χ4v) is 2.93. The molecule has 0 radical (unpaired) electrons. The van der Waals surface area contributed by atoms with Crippen molar-refractivity contribution in [3.8, 4) is 6.07 Å². The van der Waals surface area contributed by atoms with Gasteiger partial charge in [0.2, 0.25) is 0 Å². The summed E-state index contributed by atoms with van der Waals surface area (Å²) in [4.78, 5) is 2.25. The zero-order valence-electron chi connectivity index (χ0n) is 11.8. The van der Waals surface area contributed by atoms with Gasteiger partial charge in [-0.2, -0.15) is 5.26 Å². The Morgan fingerprint density at radius 3 is 2.74 bits per heavy atom. The predicted molar refractivity (Wildman–Crippen MR) is 75.6 cm³/mol. The minimum Gasteiger partial charge on any atom is -0.391 e. The molecule has 1 aromatic carbocycles. The molecule has 0 bridgehead atoms. The largest absolute Gasteiger partial charge is 0.391 e. The molecule has 0 spiro atoms. The summed E-state index contributed by atoms with van der Waals surface area (Å²) in [6.07, 6.45) is 4.14. The van der Waals surface area contributed by atoms with Gasteiger partial charge in [-0.05, 0) is 50.1 Å². The Labute approximate surface area is 115 Å². The van der Waals surface area contributed by atoms with Crippen molar-refractivity contribution in [2.24, 2.45) is 0 Å². The second-order valence-corrected chi connectivity index (χ2v) is 5.59. The van der Waals surface area contributed by atoms with E-state index in [1.165, 1.54) is 12.0 Å². The van der Waals surface area contributed by atoms with Crippen molar-refractivity contribution in [3.63, 3.8) is 0 Å². The summed E-state index contributed by atoms with van der Waals surface area (Å²) < 4.78 is 0. The van der Waals surface area contributed by atoms with Crippen molar-refractivity contribution in [1.29, 1.82) is 5.26 Å². The molecule has 102 valence electrons. The highest BCUT2D eigenvalue weighted by Crippen LogP contribution is 2.24. The molecule has 2 rings (SSSR count). The normalized spacial score (nSPS) is 23.3. The standard InChI is InChI=1S/C16H22N2O/c1-12-9-13(10-17)7-8-14(12)11-18(2)15-5-3-4-6-16(15)19/h7-9,15-16,19H,3-6,11H2,1-2H3. The van der Waals surface area contributed by atoms with Crippen LogP contribution in [-0.4, -0.2) is 29.2 Å². The van der Waals surface area contributed by atoms with Crippen LogP contribution in [0.1, 0.15) is 42.4 Å². The number of nitrogens with zero attached hydrogens (tertiary/aromatic N) is 2. The lowest BCUT2D eigenvalue weighted by Gasteiger charge is -2.35. The van der Waals surface area contributed by atoms with Gasteiger partial charge in [0.1, 0.15) is 0 Å². The first-order valence-electron chi connectivity index (χ1n) is 6.99. The summed E-state index contributed by atoms with van der Waals surface area (Å²) in [7, 11) is 2.08. The van der Waals surface area contributed by atoms with Crippen LogP contribution < -0.4 is 0 Å². The molecule has 2 atom stereocenters. The molecule has 1 aliphatic carbocycles. The third-order valence-electron chi connectivity index (χ3n) is 4.15. The molecule has 1 aromatic rings. The maximum absolute atomic E-state index is 10.1. The van der Waals surface area contributed by atoms with Crippen LogP contribution in [0.2, 0.25) is 0 Å². The molecule has 3 nitrogen and oxygen atoms in total. The summed E-state index contributed by atoms with van der Waals surface area (Å²) in [6, 6.07) is 8.26. The number of aryl methyl sites for hydroxylation is 1. The van der Waals surface area contributed by atoms with E-state index in [-0.39, 0.29) is 12.1 Å². The first-order chi connectivity index (χ1) is 9.11. The van der Waals surface area contributed by atoms with Gasteiger partial charge in [0.25, 0.3) is 0 Å². The number of aliphatic hydroxyl groups is 1. The smallest absolute Gasteiger partial charge is 0.0991 e. The van der Waals surface area contributed by atoms with Crippen LogP contribution in [0.25, 0.3) is 0 Å². The van der Waals surface area contributed by atoms with E-state index < -0.39 is 0 Å². The lowest BCUT2D eigenvalue weighted by Crippen LogP contribution is -2.42. The average molecular weight is 258 g/mol. The molecule has 1 fully saturated rings. The number of nitriles is 1. The fraction of sp³-hybridized carbons (Fsp3) is 0.562. The fourth-order valence-electron chi connectivity index (χ4n) is 2.93. The Balaban J connectivity index is 2.06. The Morgan fingerprint density at radius 1 is 1.37 bits per heavy atom. The van der Waals surface area contributed by atoms with E-state index in [1.807, 2.05) is 25.1 Å². The van der Waals surface area contributed by atoms with Gasteiger partial charge in [-0.15, -0.1) is 0 Å². The van der Waals surface area contributed by atoms with Gasteiger partial charge in [0, 0.05) is 12.6 Å². The first-order valence-corrected chi connectivity index (χ1v) is 6.99. The van der Waals surface area contributed by atoms with Crippen LogP contribution in [0.15, 0.2) is 18.2 Å². The van der Waals surface area contributed by atoms with Crippen LogP contribution in [0.3, 0.4) is 0 Å². The minimum absolute atomic E-state index is 0.197. The summed E-state index contributed by atoms with van der Waals surface area (Å²) >= 11 is 0. The van der Waals surface area contributed by atoms with Gasteiger partial charge < -0.3 is 5.11 Å². The van der Waals surface area contributed by atoms with Crippen molar-refractivity contribution in [3.05, 3.63) is 34.9 Å². The molecular formula is C16H22N2O. The lowest BCUT2D eigenvalue weighted by atomic mass is 9.91. The second-order valence-electron chi connectivity index (χ2n) is 5.59. The highest BCUT2D eigenvalue weighted by atomic mass is 16.3. The number of hydrogen-bond donors (Lipinski definition) is 1. The molecule has 3 heteroatoms. The van der Waals surface area contributed by atoms with Crippen molar-refractivity contribution in [2.45, 2.75) is 51.3 Å². The topological polar surface area (TPSA) is 47.3 Å². The Bertz CT molecular complexity index is 478. The van der Waals surface area contributed by atoms with E-state index in [9.17, 15) is 5.11 Å². The highest BCUT2D eigenvalue weighted by molar-refractivity contribution is 5.37. The molecule has 0 heterocycles. The van der Waals surface area contributed by atoms with E-state index in [0.29, 0.717) is 5.56 Å². The van der Waals surface area contributed by atoms with Crippen LogP contribution in [0, 0.1) is 18.3 Å². The van der Waals surface area contributed by atoms with E-state index in [0.717, 1.165) is 31.4 Å². The van der Waals surface area contributed by atoms with Crippen LogP contribution in [0.5, 0.6) is 0 Å². The zero-order valence-corrected chi connectivity index (χ0v) is 11.8. The van der Waals surface area contributed by atoms with Crippen molar-refractivity contribution in [2.75, 3.05) is 7.05 Å². The number of hydrogen-bond acceptors (Lipinski definition) is 3. The molecule has 0 aliphatic heterocycles. The van der Waals surface area contributed by atoms with Crippen molar-refractivity contribution >= 4 is 0 Å².